The van der Waals surface area contributed by atoms with Crippen LogP contribution in [0.4, 0.5) is 0 Å². The lowest BCUT2D eigenvalue weighted by Crippen LogP contribution is -2.87. The molecule has 1 aromatic rings. The molecule has 0 amide bonds. The van der Waals surface area contributed by atoms with Gasteiger partial charge in [0, 0.05) is 0 Å². The molecular weight excluding hydrogens is 833 g/mol. The van der Waals surface area contributed by atoms with Crippen LogP contribution >= 0.6 is 30.6 Å². The molecule has 1 rings (SSSR count). The first-order valence-electron chi connectivity index (χ1n) is 19.7. The third kappa shape index (κ3) is 6.73. The molecule has 0 aliphatic carbocycles. The van der Waals surface area contributed by atoms with Crippen molar-refractivity contribution in [3.63, 3.8) is 0 Å². The van der Waals surface area contributed by atoms with Crippen molar-refractivity contribution in [3.05, 3.63) is 24.3 Å². The van der Waals surface area contributed by atoms with Crippen molar-refractivity contribution in [2.24, 2.45) is 0 Å². The summed E-state index contributed by atoms with van der Waals surface area (Å²) >= 11 is 10.3. The highest BCUT2D eigenvalue weighted by atomic mass is 79.9. The molecule has 0 saturated heterocycles. The van der Waals surface area contributed by atoms with Crippen LogP contribution in [-0.2, 0) is 0 Å². The van der Waals surface area contributed by atoms with Gasteiger partial charge in [-0.2, -0.15) is 0 Å². The molecule has 0 radical (unpaired) electrons. The van der Waals surface area contributed by atoms with Gasteiger partial charge in [-0.15, -0.1) is 30.6 Å². The smallest absolute Gasteiger partial charge is 0.127 e. The maximum atomic E-state index is 5.14. The van der Waals surface area contributed by atoms with Gasteiger partial charge in [-0.05, 0) is 40.3 Å². The molecule has 0 fully saturated rings. The van der Waals surface area contributed by atoms with E-state index in [1.807, 2.05) is 0 Å². The fourth-order valence-corrected chi connectivity index (χ4v) is 164. The molecule has 8 heteroatoms. The van der Waals surface area contributed by atoms with Crippen LogP contribution < -0.4 is 10.4 Å². The summed E-state index contributed by atoms with van der Waals surface area (Å²) in [5.41, 5.74) is -4.76. The largest absolute Gasteiger partial charge is 0.145 e. The lowest BCUT2D eigenvalue weighted by atomic mass is 10.2. The van der Waals surface area contributed by atoms with Crippen LogP contribution in [0, 0.1) is 0 Å². The van der Waals surface area contributed by atoms with Crippen molar-refractivity contribution in [2.45, 2.75) is 233 Å². The number of hydrogen-bond donors (Lipinski definition) is 0. The number of rotatable bonds is 6. The molecule has 0 aromatic heterocycles. The summed E-state index contributed by atoms with van der Waals surface area (Å²) in [7, 11) is -8.50. The first-order chi connectivity index (χ1) is 21.2. The van der Waals surface area contributed by atoms with Crippen LogP contribution in [0.5, 0.6) is 0 Å². The van der Waals surface area contributed by atoms with Crippen LogP contribution in [-0.4, -0.2) is 41.8 Å². The monoisotopic (exact) mass is 918 g/mol. The van der Waals surface area contributed by atoms with Crippen LogP contribution in [0.1, 0.15) is 166 Å². The molecule has 0 nitrogen and oxygen atoms in total. The normalized spacial score (nSPS) is 16.6. The van der Waals surface area contributed by atoms with E-state index in [1.54, 1.807) is 10.4 Å². The summed E-state index contributed by atoms with van der Waals surface area (Å²) in [4.78, 5) is 0. The molecule has 0 atom stereocenters. The molecule has 0 aliphatic rings. The Morgan fingerprint density at radius 2 is 0.380 bits per heavy atom. The van der Waals surface area contributed by atoms with E-state index >= 15 is 0 Å². The van der Waals surface area contributed by atoms with Crippen LogP contribution in [0.2, 0.25) is 66.5 Å². The summed E-state index contributed by atoms with van der Waals surface area (Å²) in [6, 6.07) is 11.0. The first kappa shape index (κ1) is 49.5. The molecule has 0 aliphatic heterocycles. The summed E-state index contributed by atoms with van der Waals surface area (Å²) in [6.45, 7) is 73.8. The SMILES string of the molecule is CC(C)(C)[Si](C)(C(C)(C)C)[Si](Br)(c1ccc([Si](Br)([Si](C)(C(C)(C)C)C(C)(C)C)[Si](C)(C(C)(C)C)C(C)(C)C)cc1)[Si](C)(C(C)(C)C)C(C)(C)C. The van der Waals surface area contributed by atoms with Gasteiger partial charge < -0.3 is 0 Å². The Kier molecular flexibility index (Phi) is 13.4. The summed E-state index contributed by atoms with van der Waals surface area (Å²) in [5.74, 6) is 0. The van der Waals surface area contributed by atoms with Gasteiger partial charge in [-0.3, -0.25) is 0 Å². The molecule has 0 spiro atoms. The van der Waals surface area contributed by atoms with E-state index in [4.69, 9.17) is 30.6 Å². The van der Waals surface area contributed by atoms with Gasteiger partial charge in [0.1, 0.15) is 11.5 Å². The summed E-state index contributed by atoms with van der Waals surface area (Å²) in [5, 5.41) is 5.20. The van der Waals surface area contributed by atoms with Crippen molar-refractivity contribution in [3.8, 4) is 0 Å². The number of benzene rings is 1. The van der Waals surface area contributed by atoms with E-state index in [0.29, 0.717) is 0 Å². The minimum atomic E-state index is -2.38. The number of halogens is 2. The fraction of sp³-hybridized carbons (Fsp3) is 0.857. The molecule has 0 bridgehead atoms. The zero-order chi connectivity index (χ0) is 41.0. The Balaban J connectivity index is 4.91. The van der Waals surface area contributed by atoms with Gasteiger partial charge in [0.2, 0.25) is 0 Å². The second-order valence-electron chi connectivity index (χ2n) is 25.4. The van der Waals surface area contributed by atoms with Crippen LogP contribution in [0.15, 0.2) is 24.3 Å². The Hall–Kier alpha value is 1.48. The molecule has 50 heavy (non-hydrogen) atoms. The van der Waals surface area contributed by atoms with E-state index in [0.717, 1.165) is 0 Å². The highest BCUT2D eigenvalue weighted by Gasteiger charge is 2.76. The van der Waals surface area contributed by atoms with E-state index in [2.05, 4.69) is 217 Å². The van der Waals surface area contributed by atoms with E-state index in [9.17, 15) is 0 Å². The van der Waals surface area contributed by atoms with Gasteiger partial charge in [-0.25, -0.2) is 0 Å². The van der Waals surface area contributed by atoms with Gasteiger partial charge in [0.15, 0.2) is 0 Å². The zero-order valence-corrected chi connectivity index (χ0v) is 48.2. The Labute approximate surface area is 337 Å². The third-order valence-corrected chi connectivity index (χ3v) is 136. The minimum absolute atomic E-state index is 0.228. The maximum Gasteiger partial charge on any atom is 0.145 e. The lowest BCUT2D eigenvalue weighted by molar-refractivity contribution is 0.624. The number of hydrogen-bond acceptors (Lipinski definition) is 0. The van der Waals surface area contributed by atoms with Crippen molar-refractivity contribution >= 4 is 82.8 Å². The van der Waals surface area contributed by atoms with Crippen molar-refractivity contribution in [2.75, 3.05) is 0 Å². The molecule has 0 N–H and O–H groups in total. The highest BCUT2D eigenvalue weighted by molar-refractivity contribution is 9.30. The molecular formula is C42H88Br2Si6. The third-order valence-electron chi connectivity index (χ3n) is 16.4. The van der Waals surface area contributed by atoms with Gasteiger partial charge in [-0.1, -0.05) is 227 Å². The van der Waals surface area contributed by atoms with Gasteiger partial charge in [0.05, 0.1) is 30.4 Å². The predicted octanol–water partition coefficient (Wildman–Crippen LogP) is 15.8. The van der Waals surface area contributed by atoms with Crippen molar-refractivity contribution < 1.29 is 0 Å². The highest BCUT2D eigenvalue weighted by Crippen LogP contribution is 2.68. The zero-order valence-electron chi connectivity index (χ0n) is 39.1. The Bertz CT molecular complexity index is 1100. The van der Waals surface area contributed by atoms with Gasteiger partial charge in [0.25, 0.3) is 0 Å². The average Bonchev–Trinajstić information content (AvgIpc) is 2.84. The Morgan fingerprint density at radius 1 is 0.280 bits per heavy atom. The summed E-state index contributed by atoms with van der Waals surface area (Å²) in [6.07, 6.45) is 0. The van der Waals surface area contributed by atoms with E-state index in [-0.39, 0.29) is 40.3 Å². The molecule has 294 valence electrons. The lowest BCUT2D eigenvalue weighted by Gasteiger charge is -2.69. The quantitative estimate of drug-likeness (QED) is 0.197. The fourth-order valence-electron chi connectivity index (χ4n) is 11.7. The van der Waals surface area contributed by atoms with Crippen LogP contribution in [0.3, 0.4) is 0 Å². The molecule has 0 heterocycles. The standard InChI is InChI=1S/C42H88Br2Si6/c1-35(2,3)45(25,36(4,5)6)49(43,46(26,37(7,8)9)38(10,11)12)33-29-31-34(32-30-33)50(44,47(27,39(13,14)15)40(16,17)18)48(28,41(19,20)21)42(22,23)24/h29-32H,1-28H3. The first-order valence-corrected chi connectivity index (χ1v) is 42.2. The van der Waals surface area contributed by atoms with Crippen LogP contribution in [0.25, 0.3) is 0 Å². The summed E-state index contributed by atoms with van der Waals surface area (Å²) < 4.78 is 0. The van der Waals surface area contributed by atoms with Gasteiger partial charge >= 0.3 is 0 Å². The second kappa shape index (κ2) is 13.6. The van der Waals surface area contributed by atoms with Crippen molar-refractivity contribution in [1.82, 2.24) is 0 Å². The van der Waals surface area contributed by atoms with Crippen molar-refractivity contribution in [1.29, 1.82) is 0 Å². The van der Waals surface area contributed by atoms with E-state index < -0.39 is 41.8 Å². The Morgan fingerprint density at radius 3 is 0.460 bits per heavy atom. The second-order valence-corrected chi connectivity index (χ2v) is 90.1. The topological polar surface area (TPSA) is 0 Å². The van der Waals surface area contributed by atoms with E-state index in [1.165, 1.54) is 0 Å². The molecule has 0 unspecified atom stereocenters. The average molecular weight is 921 g/mol. The molecule has 1 aromatic carbocycles. The molecule has 0 saturated carbocycles. The predicted molar refractivity (Wildman–Crippen MR) is 259 cm³/mol. The maximum absolute atomic E-state index is 5.14. The minimum Gasteiger partial charge on any atom is -0.127 e.